The van der Waals surface area contributed by atoms with Crippen LogP contribution in [-0.4, -0.2) is 36.1 Å². The molecular formula is C10H13N3O4S. The number of hydrogen-bond acceptors (Lipinski definition) is 4. The molecule has 0 atom stereocenters. The summed E-state index contributed by atoms with van der Waals surface area (Å²) < 4.78 is 0. The summed E-state index contributed by atoms with van der Waals surface area (Å²) in [6.07, 6.45) is 0. The van der Waals surface area contributed by atoms with Crippen molar-refractivity contribution in [1.82, 2.24) is 10.6 Å². The highest BCUT2D eigenvalue weighted by Crippen LogP contribution is 2.22. The number of anilines is 1. The Kier molecular flexibility index (Phi) is 5.12. The van der Waals surface area contributed by atoms with E-state index < -0.39 is 12.0 Å². The molecule has 18 heavy (non-hydrogen) atoms. The van der Waals surface area contributed by atoms with Crippen molar-refractivity contribution in [3.63, 3.8) is 0 Å². The van der Waals surface area contributed by atoms with Crippen molar-refractivity contribution in [2.75, 3.05) is 18.4 Å². The van der Waals surface area contributed by atoms with Gasteiger partial charge in [-0.15, -0.1) is 11.3 Å². The lowest BCUT2D eigenvalue weighted by molar-refractivity contribution is -0.118. The quantitative estimate of drug-likeness (QED) is 0.591. The molecule has 0 spiro atoms. The fourth-order valence-electron chi connectivity index (χ4n) is 1.14. The molecule has 0 fully saturated rings. The van der Waals surface area contributed by atoms with Gasteiger partial charge in [-0.3, -0.25) is 10.1 Å². The van der Waals surface area contributed by atoms with Gasteiger partial charge in [0.15, 0.2) is 0 Å². The number of aromatic carboxylic acids is 1. The molecule has 1 heterocycles. The van der Waals surface area contributed by atoms with Crippen LogP contribution in [0.25, 0.3) is 0 Å². The van der Waals surface area contributed by atoms with E-state index in [0.717, 1.165) is 11.3 Å². The van der Waals surface area contributed by atoms with Gasteiger partial charge >= 0.3 is 12.0 Å². The van der Waals surface area contributed by atoms with Crippen molar-refractivity contribution < 1.29 is 19.5 Å². The molecular weight excluding hydrogens is 258 g/mol. The molecule has 0 aliphatic heterocycles. The molecule has 98 valence electrons. The summed E-state index contributed by atoms with van der Waals surface area (Å²) >= 11 is 1.13. The predicted molar refractivity (Wildman–Crippen MR) is 67.0 cm³/mol. The third-order valence-corrected chi connectivity index (χ3v) is 2.74. The first kappa shape index (κ1) is 14.0. The van der Waals surface area contributed by atoms with E-state index in [1.54, 1.807) is 5.38 Å². The van der Waals surface area contributed by atoms with Gasteiger partial charge in [0.25, 0.3) is 0 Å². The van der Waals surface area contributed by atoms with Crippen LogP contribution in [0, 0.1) is 0 Å². The number of urea groups is 1. The Labute approximate surface area is 107 Å². The van der Waals surface area contributed by atoms with Gasteiger partial charge in [0, 0.05) is 20.0 Å². The number of carboxylic acid groups (broad SMARTS) is 1. The highest BCUT2D eigenvalue weighted by atomic mass is 32.1. The normalized spacial score (nSPS) is 9.61. The molecule has 0 aliphatic rings. The van der Waals surface area contributed by atoms with Crippen LogP contribution in [0.15, 0.2) is 11.4 Å². The SMILES string of the molecule is CC(=O)NCCNC(=O)Nc1sccc1C(=O)O. The van der Waals surface area contributed by atoms with Crippen LogP contribution < -0.4 is 16.0 Å². The van der Waals surface area contributed by atoms with Crippen LogP contribution >= 0.6 is 11.3 Å². The Morgan fingerprint density at radius 2 is 1.94 bits per heavy atom. The van der Waals surface area contributed by atoms with Crippen LogP contribution in [0.4, 0.5) is 9.80 Å². The summed E-state index contributed by atoms with van der Waals surface area (Å²) in [5.74, 6) is -1.27. The summed E-state index contributed by atoms with van der Waals surface area (Å²) in [5.41, 5.74) is 0.0528. The second-order valence-corrected chi connectivity index (χ2v) is 4.25. The van der Waals surface area contributed by atoms with Gasteiger partial charge in [-0.1, -0.05) is 0 Å². The van der Waals surface area contributed by atoms with E-state index >= 15 is 0 Å². The molecule has 0 saturated heterocycles. The summed E-state index contributed by atoms with van der Waals surface area (Å²) in [6.45, 7) is 1.96. The van der Waals surface area contributed by atoms with E-state index in [1.165, 1.54) is 13.0 Å². The van der Waals surface area contributed by atoms with Gasteiger partial charge in [0.2, 0.25) is 5.91 Å². The van der Waals surface area contributed by atoms with E-state index in [2.05, 4.69) is 16.0 Å². The predicted octanol–water partition coefficient (Wildman–Crippen LogP) is 0.704. The fourth-order valence-corrected chi connectivity index (χ4v) is 1.91. The second-order valence-electron chi connectivity index (χ2n) is 3.33. The summed E-state index contributed by atoms with van der Waals surface area (Å²) in [4.78, 5) is 32.8. The first-order valence-corrected chi connectivity index (χ1v) is 5.98. The Morgan fingerprint density at radius 1 is 1.28 bits per heavy atom. The van der Waals surface area contributed by atoms with Gasteiger partial charge in [-0.25, -0.2) is 9.59 Å². The minimum atomic E-state index is -1.09. The number of carbonyl (C=O) groups excluding carboxylic acids is 2. The van der Waals surface area contributed by atoms with E-state index in [-0.39, 0.29) is 23.0 Å². The lowest BCUT2D eigenvalue weighted by Gasteiger charge is -2.07. The molecule has 0 bridgehead atoms. The third kappa shape index (κ3) is 4.42. The molecule has 1 aromatic rings. The smallest absolute Gasteiger partial charge is 0.338 e. The highest BCUT2D eigenvalue weighted by Gasteiger charge is 2.13. The van der Waals surface area contributed by atoms with E-state index in [9.17, 15) is 14.4 Å². The van der Waals surface area contributed by atoms with Crippen molar-refractivity contribution in [2.45, 2.75) is 6.92 Å². The van der Waals surface area contributed by atoms with Gasteiger partial charge in [-0.2, -0.15) is 0 Å². The lowest BCUT2D eigenvalue weighted by Crippen LogP contribution is -2.36. The maximum atomic E-state index is 11.4. The minimum Gasteiger partial charge on any atom is -0.478 e. The number of thiophene rings is 1. The molecule has 0 aromatic carbocycles. The number of carboxylic acids is 1. The Hall–Kier alpha value is -2.09. The molecule has 1 aromatic heterocycles. The van der Waals surface area contributed by atoms with Crippen molar-refractivity contribution in [3.05, 3.63) is 17.0 Å². The van der Waals surface area contributed by atoms with Gasteiger partial charge < -0.3 is 15.7 Å². The van der Waals surface area contributed by atoms with Gasteiger partial charge in [-0.05, 0) is 11.4 Å². The van der Waals surface area contributed by atoms with Crippen molar-refractivity contribution >= 4 is 34.2 Å². The second kappa shape index (κ2) is 6.60. The standard InChI is InChI=1S/C10H13N3O4S/c1-6(14)11-3-4-12-10(17)13-8-7(9(15)16)2-5-18-8/h2,5H,3-4H2,1H3,(H,11,14)(H,15,16)(H2,12,13,17). The van der Waals surface area contributed by atoms with Crippen LogP contribution in [0.1, 0.15) is 17.3 Å². The topological polar surface area (TPSA) is 108 Å². The average Bonchev–Trinajstić information content (AvgIpc) is 2.72. The Balaban J connectivity index is 2.38. The average molecular weight is 271 g/mol. The molecule has 8 heteroatoms. The maximum absolute atomic E-state index is 11.4. The number of nitrogens with one attached hydrogen (secondary N) is 3. The summed E-state index contributed by atoms with van der Waals surface area (Å²) in [6, 6.07) is 0.908. The van der Waals surface area contributed by atoms with Gasteiger partial charge in [0.05, 0.1) is 5.56 Å². The first-order chi connectivity index (χ1) is 8.50. The van der Waals surface area contributed by atoms with Crippen molar-refractivity contribution in [3.8, 4) is 0 Å². The Bertz CT molecular complexity index is 458. The fraction of sp³-hybridized carbons (Fsp3) is 0.300. The zero-order valence-electron chi connectivity index (χ0n) is 9.65. The van der Waals surface area contributed by atoms with Crippen LogP contribution in [-0.2, 0) is 4.79 Å². The van der Waals surface area contributed by atoms with Crippen LogP contribution in [0.2, 0.25) is 0 Å². The van der Waals surface area contributed by atoms with Crippen molar-refractivity contribution in [1.29, 1.82) is 0 Å². The highest BCUT2D eigenvalue weighted by molar-refractivity contribution is 7.14. The van der Waals surface area contributed by atoms with E-state index in [4.69, 9.17) is 5.11 Å². The van der Waals surface area contributed by atoms with Gasteiger partial charge in [0.1, 0.15) is 5.00 Å². The number of hydrogen-bond donors (Lipinski definition) is 4. The maximum Gasteiger partial charge on any atom is 0.338 e. The molecule has 0 saturated carbocycles. The van der Waals surface area contributed by atoms with E-state index in [1.807, 2.05) is 0 Å². The van der Waals surface area contributed by atoms with Crippen LogP contribution in [0.5, 0.6) is 0 Å². The molecule has 0 unspecified atom stereocenters. The zero-order chi connectivity index (χ0) is 13.5. The monoisotopic (exact) mass is 271 g/mol. The molecule has 7 nitrogen and oxygen atoms in total. The molecule has 0 aliphatic carbocycles. The zero-order valence-corrected chi connectivity index (χ0v) is 10.5. The molecule has 4 N–H and O–H groups in total. The lowest BCUT2D eigenvalue weighted by atomic mass is 10.3. The number of carbonyl (C=O) groups is 3. The molecule has 1 rings (SSSR count). The number of amides is 3. The molecule has 0 radical (unpaired) electrons. The largest absolute Gasteiger partial charge is 0.478 e. The summed E-state index contributed by atoms with van der Waals surface area (Å²) in [5, 5.41) is 18.1. The molecule has 3 amide bonds. The summed E-state index contributed by atoms with van der Waals surface area (Å²) in [7, 11) is 0. The first-order valence-electron chi connectivity index (χ1n) is 5.10. The van der Waals surface area contributed by atoms with Crippen LogP contribution in [0.3, 0.4) is 0 Å². The third-order valence-electron chi connectivity index (χ3n) is 1.91. The van der Waals surface area contributed by atoms with E-state index in [0.29, 0.717) is 6.54 Å². The minimum absolute atomic E-state index is 0.0528. The number of rotatable bonds is 5. The Morgan fingerprint density at radius 3 is 2.56 bits per heavy atom. The van der Waals surface area contributed by atoms with Crippen molar-refractivity contribution in [2.24, 2.45) is 0 Å².